The number of thioether (sulfide) groups is 1. The number of hydrogen-bond acceptors (Lipinski definition) is 5. The molecule has 0 saturated carbocycles. The zero-order valence-electron chi connectivity index (χ0n) is 9.76. The van der Waals surface area contributed by atoms with E-state index < -0.39 is 0 Å². The zero-order chi connectivity index (χ0) is 12.7. The summed E-state index contributed by atoms with van der Waals surface area (Å²) < 4.78 is 4.63. The molecule has 1 aromatic heterocycles. The summed E-state index contributed by atoms with van der Waals surface area (Å²) in [5, 5.41) is 4.75. The van der Waals surface area contributed by atoms with Crippen molar-refractivity contribution in [3.63, 3.8) is 0 Å². The molecule has 1 atom stereocenters. The third kappa shape index (κ3) is 4.79. The van der Waals surface area contributed by atoms with E-state index in [2.05, 4.69) is 10.1 Å². The van der Waals surface area contributed by atoms with Gasteiger partial charge in [-0.05, 0) is 17.7 Å². The second kappa shape index (κ2) is 7.34. The maximum atomic E-state index is 11.5. The van der Waals surface area contributed by atoms with Crippen LogP contribution in [0.15, 0.2) is 17.5 Å². The lowest BCUT2D eigenvalue weighted by Crippen LogP contribution is -2.31. The van der Waals surface area contributed by atoms with Crippen molar-refractivity contribution >= 4 is 35.0 Å². The van der Waals surface area contributed by atoms with Crippen LogP contribution in [0.2, 0.25) is 0 Å². The highest BCUT2D eigenvalue weighted by Gasteiger charge is 2.19. The second-order valence-corrected chi connectivity index (χ2v) is 5.19. The van der Waals surface area contributed by atoms with E-state index in [0.29, 0.717) is 5.75 Å². The molecule has 1 unspecified atom stereocenters. The molecular formula is C11H15NO3S2. The number of amides is 1. The van der Waals surface area contributed by atoms with Gasteiger partial charge in [-0.25, -0.2) is 0 Å². The zero-order valence-corrected chi connectivity index (χ0v) is 11.4. The molecule has 0 spiro atoms. The van der Waals surface area contributed by atoms with Crippen LogP contribution in [-0.4, -0.2) is 31.0 Å². The van der Waals surface area contributed by atoms with E-state index in [1.54, 1.807) is 0 Å². The van der Waals surface area contributed by atoms with E-state index in [-0.39, 0.29) is 24.3 Å². The van der Waals surface area contributed by atoms with Crippen molar-refractivity contribution in [1.29, 1.82) is 0 Å². The molecule has 0 aliphatic rings. The van der Waals surface area contributed by atoms with E-state index in [9.17, 15) is 9.59 Å². The SMILES string of the molecule is COC(=O)CC(NC(=O)CSC)c1cccs1. The highest BCUT2D eigenvalue weighted by Crippen LogP contribution is 2.22. The van der Waals surface area contributed by atoms with Crippen molar-refractivity contribution < 1.29 is 14.3 Å². The van der Waals surface area contributed by atoms with Crippen LogP contribution in [-0.2, 0) is 14.3 Å². The van der Waals surface area contributed by atoms with Crippen molar-refractivity contribution in [2.45, 2.75) is 12.5 Å². The van der Waals surface area contributed by atoms with Crippen LogP contribution >= 0.6 is 23.1 Å². The predicted molar refractivity (Wildman–Crippen MR) is 70.2 cm³/mol. The number of methoxy groups -OCH3 is 1. The smallest absolute Gasteiger partial charge is 0.307 e. The van der Waals surface area contributed by atoms with E-state index in [1.165, 1.54) is 30.2 Å². The Labute approximate surface area is 109 Å². The molecule has 4 nitrogen and oxygen atoms in total. The maximum Gasteiger partial charge on any atom is 0.307 e. The van der Waals surface area contributed by atoms with Gasteiger partial charge in [0.25, 0.3) is 0 Å². The van der Waals surface area contributed by atoms with Crippen molar-refractivity contribution in [1.82, 2.24) is 5.32 Å². The summed E-state index contributed by atoms with van der Waals surface area (Å²) in [5.41, 5.74) is 0. The van der Waals surface area contributed by atoms with Gasteiger partial charge in [-0.15, -0.1) is 11.3 Å². The number of ether oxygens (including phenoxy) is 1. The van der Waals surface area contributed by atoms with E-state index in [0.717, 1.165) is 4.88 Å². The summed E-state index contributed by atoms with van der Waals surface area (Å²) in [4.78, 5) is 23.8. The highest BCUT2D eigenvalue weighted by atomic mass is 32.2. The van der Waals surface area contributed by atoms with Gasteiger partial charge in [-0.2, -0.15) is 11.8 Å². The van der Waals surface area contributed by atoms with E-state index in [4.69, 9.17) is 0 Å². The van der Waals surface area contributed by atoms with Crippen LogP contribution in [0.5, 0.6) is 0 Å². The molecule has 0 aliphatic carbocycles. The van der Waals surface area contributed by atoms with Gasteiger partial charge in [0.15, 0.2) is 0 Å². The monoisotopic (exact) mass is 273 g/mol. The molecule has 0 fully saturated rings. The van der Waals surface area contributed by atoms with Gasteiger partial charge in [0.05, 0.1) is 25.3 Å². The van der Waals surface area contributed by atoms with E-state index in [1.807, 2.05) is 23.8 Å². The van der Waals surface area contributed by atoms with Crippen LogP contribution in [0.4, 0.5) is 0 Å². The van der Waals surface area contributed by atoms with E-state index >= 15 is 0 Å². The maximum absolute atomic E-state index is 11.5. The minimum Gasteiger partial charge on any atom is -0.469 e. The minimum absolute atomic E-state index is 0.0696. The molecular weight excluding hydrogens is 258 g/mol. The molecule has 1 amide bonds. The Kier molecular flexibility index (Phi) is 6.07. The fraction of sp³-hybridized carbons (Fsp3) is 0.455. The Morgan fingerprint density at radius 2 is 2.35 bits per heavy atom. The first kappa shape index (κ1) is 14.1. The first-order valence-corrected chi connectivity index (χ1v) is 7.33. The average molecular weight is 273 g/mol. The predicted octanol–water partition coefficient (Wildman–Crippen LogP) is 1.83. The lowest BCUT2D eigenvalue weighted by atomic mass is 10.1. The van der Waals surface area contributed by atoms with Gasteiger partial charge < -0.3 is 10.1 Å². The van der Waals surface area contributed by atoms with Crippen molar-refractivity contribution in [3.8, 4) is 0 Å². The summed E-state index contributed by atoms with van der Waals surface area (Å²) in [6.07, 6.45) is 2.02. The standard InChI is InChI=1S/C11H15NO3S2/c1-15-11(14)6-8(9-4-3-5-17-9)12-10(13)7-16-2/h3-5,8H,6-7H2,1-2H3,(H,12,13). The summed E-state index contributed by atoms with van der Waals surface area (Å²) in [5.74, 6) is -0.00378. The molecule has 0 radical (unpaired) electrons. The molecule has 0 saturated heterocycles. The van der Waals surface area contributed by atoms with Crippen molar-refractivity contribution in [2.75, 3.05) is 19.1 Å². The topological polar surface area (TPSA) is 55.4 Å². The molecule has 1 heterocycles. The van der Waals surface area contributed by atoms with Crippen LogP contribution in [0.3, 0.4) is 0 Å². The third-order valence-electron chi connectivity index (χ3n) is 2.10. The first-order chi connectivity index (χ1) is 8.17. The van der Waals surface area contributed by atoms with Crippen molar-refractivity contribution in [3.05, 3.63) is 22.4 Å². The van der Waals surface area contributed by atoms with Crippen LogP contribution < -0.4 is 5.32 Å². The lowest BCUT2D eigenvalue weighted by molar-refractivity contribution is -0.141. The Morgan fingerprint density at radius 1 is 1.59 bits per heavy atom. The van der Waals surface area contributed by atoms with Gasteiger partial charge in [0.2, 0.25) is 5.91 Å². The number of carbonyl (C=O) groups excluding carboxylic acids is 2. The van der Waals surface area contributed by atoms with Gasteiger partial charge in [-0.1, -0.05) is 6.07 Å². The normalized spacial score (nSPS) is 11.9. The number of nitrogens with one attached hydrogen (secondary N) is 1. The Bertz CT molecular complexity index is 365. The lowest BCUT2D eigenvalue weighted by Gasteiger charge is -2.15. The van der Waals surface area contributed by atoms with Gasteiger partial charge >= 0.3 is 5.97 Å². The molecule has 17 heavy (non-hydrogen) atoms. The van der Waals surface area contributed by atoms with Gasteiger partial charge in [0.1, 0.15) is 0 Å². The summed E-state index contributed by atoms with van der Waals surface area (Å²) >= 11 is 2.96. The Hall–Kier alpha value is -1.01. The van der Waals surface area contributed by atoms with Gasteiger partial charge in [-0.3, -0.25) is 9.59 Å². The van der Waals surface area contributed by atoms with Crippen LogP contribution in [0, 0.1) is 0 Å². The molecule has 6 heteroatoms. The van der Waals surface area contributed by atoms with Crippen molar-refractivity contribution in [2.24, 2.45) is 0 Å². The molecule has 0 bridgehead atoms. The Balaban J connectivity index is 2.66. The largest absolute Gasteiger partial charge is 0.469 e. The summed E-state index contributed by atoms with van der Waals surface area (Å²) in [6, 6.07) is 3.50. The highest BCUT2D eigenvalue weighted by molar-refractivity contribution is 7.99. The molecule has 1 rings (SSSR count). The second-order valence-electron chi connectivity index (χ2n) is 3.35. The van der Waals surface area contributed by atoms with Gasteiger partial charge in [0, 0.05) is 4.88 Å². The number of esters is 1. The summed E-state index contributed by atoms with van der Waals surface area (Å²) in [6.45, 7) is 0. The number of hydrogen-bond donors (Lipinski definition) is 1. The first-order valence-electron chi connectivity index (χ1n) is 5.06. The fourth-order valence-electron chi connectivity index (χ4n) is 1.33. The van der Waals surface area contributed by atoms with Crippen LogP contribution in [0.25, 0.3) is 0 Å². The Morgan fingerprint density at radius 3 is 2.88 bits per heavy atom. The quantitative estimate of drug-likeness (QED) is 0.803. The third-order valence-corrected chi connectivity index (χ3v) is 3.63. The molecule has 0 aliphatic heterocycles. The molecule has 94 valence electrons. The summed E-state index contributed by atoms with van der Waals surface area (Å²) in [7, 11) is 1.34. The number of rotatable bonds is 6. The van der Waals surface area contributed by atoms with Crippen LogP contribution in [0.1, 0.15) is 17.3 Å². The fourth-order valence-corrected chi connectivity index (χ4v) is 2.45. The average Bonchev–Trinajstić information content (AvgIpc) is 2.81. The minimum atomic E-state index is -0.326. The number of carbonyl (C=O) groups is 2. The molecule has 0 aromatic carbocycles. The molecule has 1 aromatic rings. The number of thiophene rings is 1. The molecule has 1 N–H and O–H groups in total.